The van der Waals surface area contributed by atoms with Gasteiger partial charge in [-0.05, 0) is 40.6 Å². The molecule has 1 heterocycles. The number of nitrogens with one attached hydrogen (secondary N) is 1. The van der Waals surface area contributed by atoms with Crippen molar-refractivity contribution in [2.75, 3.05) is 6.61 Å². The maximum atomic E-state index is 6.07. The van der Waals surface area contributed by atoms with Gasteiger partial charge in [-0.25, -0.2) is 0 Å². The zero-order valence-corrected chi connectivity index (χ0v) is 13.4. The molecule has 2 aromatic rings. The number of hydrogen-bond acceptors (Lipinski definition) is 3. The van der Waals surface area contributed by atoms with Gasteiger partial charge in [-0.1, -0.05) is 25.4 Å². The zero-order valence-electron chi connectivity index (χ0n) is 11.9. The Morgan fingerprint density at radius 2 is 2.15 bits per heavy atom. The fourth-order valence-electron chi connectivity index (χ4n) is 1.85. The quantitative estimate of drug-likeness (QED) is 0.812. The summed E-state index contributed by atoms with van der Waals surface area (Å²) in [6, 6.07) is 8.37. The van der Waals surface area contributed by atoms with Crippen LogP contribution in [-0.4, -0.2) is 12.6 Å². The summed E-state index contributed by atoms with van der Waals surface area (Å²) in [6.07, 6.45) is 0.934. The van der Waals surface area contributed by atoms with Crippen LogP contribution in [0.1, 0.15) is 25.0 Å². The number of thiophene rings is 1. The van der Waals surface area contributed by atoms with Gasteiger partial charge in [-0.15, -0.1) is 0 Å². The van der Waals surface area contributed by atoms with Crippen molar-refractivity contribution in [3.8, 4) is 5.75 Å². The molecule has 108 valence electrons. The molecule has 0 atom stereocenters. The minimum Gasteiger partial charge on any atom is -0.493 e. The van der Waals surface area contributed by atoms with Gasteiger partial charge in [0.15, 0.2) is 0 Å². The summed E-state index contributed by atoms with van der Waals surface area (Å²) in [5.41, 5.74) is 2.43. The summed E-state index contributed by atoms with van der Waals surface area (Å²) in [6.45, 7) is 5.71. The standard InChI is InChI=1S/C16H20ClNOS/c1-12(2)18-10-14-9-15(17)3-4-16(14)19-7-5-13-6-8-20-11-13/h3-4,6,8-9,11-12,18H,5,7,10H2,1-2H3. The van der Waals surface area contributed by atoms with Gasteiger partial charge in [0.1, 0.15) is 5.75 Å². The van der Waals surface area contributed by atoms with Crippen LogP contribution in [0.5, 0.6) is 5.75 Å². The highest BCUT2D eigenvalue weighted by atomic mass is 35.5. The molecule has 0 saturated carbocycles. The van der Waals surface area contributed by atoms with E-state index in [-0.39, 0.29) is 0 Å². The SMILES string of the molecule is CC(C)NCc1cc(Cl)ccc1OCCc1ccsc1. The Morgan fingerprint density at radius 3 is 2.85 bits per heavy atom. The first kappa shape index (κ1) is 15.4. The van der Waals surface area contributed by atoms with E-state index in [9.17, 15) is 0 Å². The van der Waals surface area contributed by atoms with Crippen LogP contribution in [0.4, 0.5) is 0 Å². The molecule has 0 radical (unpaired) electrons. The van der Waals surface area contributed by atoms with Gasteiger partial charge in [-0.3, -0.25) is 0 Å². The molecule has 0 bridgehead atoms. The third-order valence-electron chi connectivity index (χ3n) is 2.95. The highest BCUT2D eigenvalue weighted by Crippen LogP contribution is 2.23. The molecule has 0 aliphatic carbocycles. The van der Waals surface area contributed by atoms with Crippen molar-refractivity contribution < 1.29 is 4.74 Å². The molecule has 0 spiro atoms. The molecule has 0 aliphatic rings. The summed E-state index contributed by atoms with van der Waals surface area (Å²) in [4.78, 5) is 0. The minimum atomic E-state index is 0.438. The average molecular weight is 310 g/mol. The second-order valence-corrected chi connectivity index (χ2v) is 6.23. The first-order chi connectivity index (χ1) is 9.65. The van der Waals surface area contributed by atoms with E-state index in [1.54, 1.807) is 11.3 Å². The second kappa shape index (κ2) is 7.67. The lowest BCUT2D eigenvalue weighted by Gasteiger charge is -2.14. The van der Waals surface area contributed by atoms with E-state index in [2.05, 4.69) is 36.0 Å². The Kier molecular flexibility index (Phi) is 5.89. The molecule has 0 saturated heterocycles. The van der Waals surface area contributed by atoms with Crippen LogP contribution in [0.25, 0.3) is 0 Å². The molecule has 20 heavy (non-hydrogen) atoms. The van der Waals surface area contributed by atoms with Crippen molar-refractivity contribution in [1.82, 2.24) is 5.32 Å². The lowest BCUT2D eigenvalue weighted by molar-refractivity contribution is 0.317. The molecule has 2 nitrogen and oxygen atoms in total. The van der Waals surface area contributed by atoms with E-state index in [1.165, 1.54) is 5.56 Å². The predicted molar refractivity (Wildman–Crippen MR) is 86.9 cm³/mol. The maximum absolute atomic E-state index is 6.07. The summed E-state index contributed by atoms with van der Waals surface area (Å²) in [7, 11) is 0. The molecule has 1 aromatic carbocycles. The van der Waals surface area contributed by atoms with E-state index >= 15 is 0 Å². The van der Waals surface area contributed by atoms with Crippen molar-refractivity contribution in [3.05, 3.63) is 51.2 Å². The topological polar surface area (TPSA) is 21.3 Å². The largest absolute Gasteiger partial charge is 0.493 e. The molecule has 4 heteroatoms. The Balaban J connectivity index is 1.95. The van der Waals surface area contributed by atoms with E-state index < -0.39 is 0 Å². The summed E-state index contributed by atoms with van der Waals surface area (Å²) in [5, 5.41) is 8.39. The zero-order chi connectivity index (χ0) is 14.4. The van der Waals surface area contributed by atoms with Crippen LogP contribution >= 0.6 is 22.9 Å². The molecule has 0 fully saturated rings. The van der Waals surface area contributed by atoms with Gasteiger partial charge in [0, 0.05) is 29.6 Å². The molecule has 0 unspecified atom stereocenters. The van der Waals surface area contributed by atoms with Crippen molar-refractivity contribution >= 4 is 22.9 Å². The van der Waals surface area contributed by atoms with Crippen LogP contribution in [0, 0.1) is 0 Å². The normalized spacial score (nSPS) is 11.0. The van der Waals surface area contributed by atoms with Crippen molar-refractivity contribution in [1.29, 1.82) is 0 Å². The van der Waals surface area contributed by atoms with Crippen LogP contribution in [0.2, 0.25) is 5.02 Å². The van der Waals surface area contributed by atoms with Gasteiger partial charge in [0.25, 0.3) is 0 Å². The minimum absolute atomic E-state index is 0.438. The summed E-state index contributed by atoms with van der Waals surface area (Å²) in [5.74, 6) is 0.915. The van der Waals surface area contributed by atoms with Gasteiger partial charge in [0.05, 0.1) is 6.61 Å². The van der Waals surface area contributed by atoms with Crippen molar-refractivity contribution in [3.63, 3.8) is 0 Å². The van der Waals surface area contributed by atoms with Crippen LogP contribution in [0.3, 0.4) is 0 Å². The van der Waals surface area contributed by atoms with E-state index in [0.717, 1.165) is 29.3 Å². The van der Waals surface area contributed by atoms with E-state index in [1.807, 2.05) is 18.2 Å². The van der Waals surface area contributed by atoms with Gasteiger partial charge >= 0.3 is 0 Å². The van der Waals surface area contributed by atoms with Crippen LogP contribution in [0.15, 0.2) is 35.0 Å². The number of ether oxygens (including phenoxy) is 1. The molecule has 0 aliphatic heterocycles. The lowest BCUT2D eigenvalue weighted by atomic mass is 10.2. The van der Waals surface area contributed by atoms with Crippen molar-refractivity contribution in [2.45, 2.75) is 32.9 Å². The monoisotopic (exact) mass is 309 g/mol. The van der Waals surface area contributed by atoms with Crippen molar-refractivity contribution in [2.24, 2.45) is 0 Å². The van der Waals surface area contributed by atoms with E-state index in [0.29, 0.717) is 12.6 Å². The third-order valence-corrected chi connectivity index (χ3v) is 3.92. The highest BCUT2D eigenvalue weighted by molar-refractivity contribution is 7.07. The van der Waals surface area contributed by atoms with Gasteiger partial charge in [-0.2, -0.15) is 11.3 Å². The molecular formula is C16H20ClNOS. The van der Waals surface area contributed by atoms with Gasteiger partial charge < -0.3 is 10.1 Å². The Bertz CT molecular complexity index is 525. The average Bonchev–Trinajstić information content (AvgIpc) is 2.91. The van der Waals surface area contributed by atoms with Crippen LogP contribution in [-0.2, 0) is 13.0 Å². The molecule has 0 amide bonds. The second-order valence-electron chi connectivity index (χ2n) is 5.02. The Labute approximate surface area is 129 Å². The molecule has 1 aromatic heterocycles. The fraction of sp³-hybridized carbons (Fsp3) is 0.375. The van der Waals surface area contributed by atoms with E-state index in [4.69, 9.17) is 16.3 Å². The summed E-state index contributed by atoms with van der Waals surface area (Å²) >= 11 is 7.78. The number of halogens is 1. The van der Waals surface area contributed by atoms with Gasteiger partial charge in [0.2, 0.25) is 0 Å². The third kappa shape index (κ3) is 4.82. The predicted octanol–water partition coefficient (Wildman–Crippen LogP) is 4.52. The number of hydrogen-bond donors (Lipinski definition) is 1. The highest BCUT2D eigenvalue weighted by Gasteiger charge is 2.06. The Hall–Kier alpha value is -1.03. The first-order valence-corrected chi connectivity index (χ1v) is 8.13. The first-order valence-electron chi connectivity index (χ1n) is 6.81. The molecule has 2 rings (SSSR count). The number of rotatable bonds is 7. The Morgan fingerprint density at radius 1 is 1.30 bits per heavy atom. The fourth-order valence-corrected chi connectivity index (χ4v) is 2.75. The number of benzene rings is 1. The lowest BCUT2D eigenvalue weighted by Crippen LogP contribution is -2.22. The summed E-state index contributed by atoms with van der Waals surface area (Å²) < 4.78 is 5.90. The smallest absolute Gasteiger partial charge is 0.123 e. The van der Waals surface area contributed by atoms with Crippen LogP contribution < -0.4 is 10.1 Å². The molecular weight excluding hydrogens is 290 g/mol. The molecule has 1 N–H and O–H groups in total. The maximum Gasteiger partial charge on any atom is 0.123 e.